The van der Waals surface area contributed by atoms with Crippen LogP contribution in [0, 0.1) is 5.41 Å². The first kappa shape index (κ1) is 19.5. The second-order valence-electron chi connectivity index (χ2n) is 7.37. The van der Waals surface area contributed by atoms with Crippen molar-refractivity contribution in [3.05, 3.63) is 0 Å². The van der Waals surface area contributed by atoms with Gasteiger partial charge in [0, 0.05) is 37.7 Å². The lowest BCUT2D eigenvalue weighted by atomic mass is 9.64. The van der Waals surface area contributed by atoms with Crippen molar-refractivity contribution < 1.29 is 13.2 Å². The minimum atomic E-state index is -3.15. The first-order valence-electron chi connectivity index (χ1n) is 8.74. The molecule has 2 unspecified atom stereocenters. The molecule has 1 heterocycles. The molecule has 140 valence electrons. The molecule has 1 aliphatic carbocycles. The number of hydrogen-bond acceptors (Lipinski definition) is 4. The van der Waals surface area contributed by atoms with Crippen molar-refractivity contribution in [2.75, 3.05) is 33.0 Å². The van der Waals surface area contributed by atoms with Crippen LogP contribution in [0.15, 0.2) is 4.99 Å². The van der Waals surface area contributed by atoms with Crippen molar-refractivity contribution >= 4 is 16.0 Å². The van der Waals surface area contributed by atoms with Gasteiger partial charge >= 0.3 is 0 Å². The van der Waals surface area contributed by atoms with Gasteiger partial charge in [-0.3, -0.25) is 4.99 Å². The molecule has 3 atom stereocenters. The summed E-state index contributed by atoms with van der Waals surface area (Å²) in [6.45, 7) is 8.27. The predicted octanol–water partition coefficient (Wildman–Crippen LogP) is 0.779. The SMILES string of the molecule is CCNC(=NC[C@H]1CCCN1S(C)(=O)=O)NC1CC(OC)C1(C)C. The predicted molar refractivity (Wildman–Crippen MR) is 96.7 cm³/mol. The Morgan fingerprint density at radius 2 is 2.12 bits per heavy atom. The molecule has 1 aliphatic heterocycles. The quantitative estimate of drug-likeness (QED) is 0.540. The molecule has 0 radical (unpaired) electrons. The summed E-state index contributed by atoms with van der Waals surface area (Å²) in [4.78, 5) is 4.64. The maximum Gasteiger partial charge on any atom is 0.211 e. The number of hydrogen-bond donors (Lipinski definition) is 2. The number of guanidine groups is 1. The lowest BCUT2D eigenvalue weighted by Gasteiger charge is -2.51. The Labute approximate surface area is 146 Å². The van der Waals surface area contributed by atoms with Crippen molar-refractivity contribution in [3.63, 3.8) is 0 Å². The van der Waals surface area contributed by atoms with E-state index in [1.807, 2.05) is 6.92 Å². The van der Waals surface area contributed by atoms with Gasteiger partial charge in [-0.05, 0) is 26.2 Å². The summed E-state index contributed by atoms with van der Waals surface area (Å²) in [5, 5.41) is 6.74. The van der Waals surface area contributed by atoms with Crippen LogP contribution in [0.25, 0.3) is 0 Å². The molecule has 8 heteroatoms. The van der Waals surface area contributed by atoms with Crippen LogP contribution in [0.3, 0.4) is 0 Å². The number of rotatable bonds is 6. The number of methoxy groups -OCH3 is 1. The highest BCUT2D eigenvalue weighted by molar-refractivity contribution is 7.88. The third-order valence-corrected chi connectivity index (χ3v) is 6.66. The molecule has 0 aromatic heterocycles. The Morgan fingerprint density at radius 3 is 2.67 bits per heavy atom. The molecule has 0 spiro atoms. The minimum Gasteiger partial charge on any atom is -0.381 e. The molecule has 7 nitrogen and oxygen atoms in total. The summed E-state index contributed by atoms with van der Waals surface area (Å²) in [5.41, 5.74) is 0.0527. The first-order valence-corrected chi connectivity index (χ1v) is 10.6. The zero-order valence-electron chi connectivity index (χ0n) is 15.5. The second-order valence-corrected chi connectivity index (χ2v) is 9.30. The fraction of sp³-hybridized carbons (Fsp3) is 0.938. The molecule has 0 amide bonds. The van der Waals surface area contributed by atoms with Crippen LogP contribution in [0.4, 0.5) is 0 Å². The van der Waals surface area contributed by atoms with Crippen LogP contribution in [0.5, 0.6) is 0 Å². The van der Waals surface area contributed by atoms with Gasteiger partial charge < -0.3 is 15.4 Å². The Balaban J connectivity index is 1.99. The average Bonchev–Trinajstić information content (AvgIpc) is 2.97. The summed E-state index contributed by atoms with van der Waals surface area (Å²) in [7, 11) is -1.40. The van der Waals surface area contributed by atoms with Gasteiger partial charge in [0.2, 0.25) is 10.0 Å². The smallest absolute Gasteiger partial charge is 0.211 e. The van der Waals surface area contributed by atoms with E-state index in [-0.39, 0.29) is 17.6 Å². The van der Waals surface area contributed by atoms with Gasteiger partial charge in [0.05, 0.1) is 18.9 Å². The zero-order chi connectivity index (χ0) is 18.0. The molecule has 0 bridgehead atoms. The van der Waals surface area contributed by atoms with E-state index in [9.17, 15) is 8.42 Å². The lowest BCUT2D eigenvalue weighted by Crippen LogP contribution is -2.63. The van der Waals surface area contributed by atoms with Crippen molar-refractivity contribution in [1.82, 2.24) is 14.9 Å². The van der Waals surface area contributed by atoms with E-state index in [2.05, 4.69) is 29.5 Å². The fourth-order valence-corrected chi connectivity index (χ4v) is 4.81. The van der Waals surface area contributed by atoms with E-state index in [4.69, 9.17) is 4.74 Å². The van der Waals surface area contributed by atoms with Crippen molar-refractivity contribution in [1.29, 1.82) is 0 Å². The summed E-state index contributed by atoms with van der Waals surface area (Å²) >= 11 is 0. The highest BCUT2D eigenvalue weighted by Crippen LogP contribution is 2.42. The van der Waals surface area contributed by atoms with Crippen LogP contribution < -0.4 is 10.6 Å². The van der Waals surface area contributed by atoms with Crippen LogP contribution in [0.1, 0.15) is 40.0 Å². The van der Waals surface area contributed by atoms with Gasteiger partial charge in [-0.1, -0.05) is 13.8 Å². The molecule has 2 aliphatic rings. The van der Waals surface area contributed by atoms with Crippen LogP contribution in [0.2, 0.25) is 0 Å². The average molecular weight is 361 g/mol. The summed E-state index contributed by atoms with van der Waals surface area (Å²) in [6, 6.07) is 0.270. The molecule has 2 rings (SSSR count). The van der Waals surface area contributed by atoms with Gasteiger partial charge in [0.25, 0.3) is 0 Å². The fourth-order valence-electron chi connectivity index (χ4n) is 3.64. The Morgan fingerprint density at radius 1 is 1.42 bits per heavy atom. The Kier molecular flexibility index (Phi) is 6.14. The van der Waals surface area contributed by atoms with E-state index < -0.39 is 10.0 Å². The Bertz CT molecular complexity index is 562. The molecule has 0 aromatic carbocycles. The number of nitrogens with zero attached hydrogens (tertiary/aromatic N) is 2. The zero-order valence-corrected chi connectivity index (χ0v) is 16.3. The molecule has 1 saturated heterocycles. The maximum absolute atomic E-state index is 11.8. The molecule has 1 saturated carbocycles. The Hall–Kier alpha value is -0.860. The van der Waals surface area contributed by atoms with Gasteiger partial charge in [0.1, 0.15) is 0 Å². The second kappa shape index (κ2) is 7.58. The van der Waals surface area contributed by atoms with E-state index in [1.165, 1.54) is 6.26 Å². The topological polar surface area (TPSA) is 83.0 Å². The van der Waals surface area contributed by atoms with E-state index in [0.29, 0.717) is 19.1 Å². The van der Waals surface area contributed by atoms with Crippen molar-refractivity contribution in [2.45, 2.75) is 58.2 Å². The molecule has 0 aromatic rings. The number of nitrogens with one attached hydrogen (secondary N) is 2. The number of ether oxygens (including phenoxy) is 1. The summed E-state index contributed by atoms with van der Waals surface area (Å²) < 4.78 is 30.7. The summed E-state index contributed by atoms with van der Waals surface area (Å²) in [6.07, 6.45) is 4.26. The van der Waals surface area contributed by atoms with Crippen molar-refractivity contribution in [3.8, 4) is 0 Å². The molecule has 2 N–H and O–H groups in total. The third-order valence-electron chi connectivity index (χ3n) is 5.33. The maximum atomic E-state index is 11.8. The lowest BCUT2D eigenvalue weighted by molar-refractivity contribution is -0.0922. The standard InChI is InChI=1S/C16H32N4O3S/c1-6-17-15(19-13-10-14(23-4)16(13,2)3)18-11-12-8-7-9-20(12)24(5,21)22/h12-14H,6-11H2,1-5H3,(H2,17,18,19)/t12-,13?,14?/m1/s1. The van der Waals surface area contributed by atoms with Crippen LogP contribution in [-0.2, 0) is 14.8 Å². The van der Waals surface area contributed by atoms with Crippen LogP contribution in [-0.4, -0.2) is 69.9 Å². The first-order chi connectivity index (χ1) is 11.2. The van der Waals surface area contributed by atoms with Crippen molar-refractivity contribution in [2.24, 2.45) is 10.4 Å². The molecule has 24 heavy (non-hydrogen) atoms. The van der Waals surface area contributed by atoms with E-state index in [1.54, 1.807) is 11.4 Å². The van der Waals surface area contributed by atoms with E-state index >= 15 is 0 Å². The van der Waals surface area contributed by atoms with Gasteiger partial charge in [0.15, 0.2) is 5.96 Å². The number of sulfonamides is 1. The third kappa shape index (κ3) is 4.21. The van der Waals surface area contributed by atoms with Gasteiger partial charge in [-0.15, -0.1) is 0 Å². The van der Waals surface area contributed by atoms with Crippen LogP contribution >= 0.6 is 0 Å². The molecular formula is C16H32N4O3S. The highest BCUT2D eigenvalue weighted by atomic mass is 32.2. The molecule has 2 fully saturated rings. The minimum absolute atomic E-state index is 0.0309. The molecular weight excluding hydrogens is 328 g/mol. The van der Waals surface area contributed by atoms with E-state index in [0.717, 1.165) is 31.8 Å². The largest absolute Gasteiger partial charge is 0.381 e. The van der Waals surface area contributed by atoms with Gasteiger partial charge in [-0.25, -0.2) is 8.42 Å². The summed E-state index contributed by atoms with van der Waals surface area (Å²) in [5.74, 6) is 0.755. The van der Waals surface area contributed by atoms with Gasteiger partial charge in [-0.2, -0.15) is 4.31 Å². The number of aliphatic imine (C=N–C) groups is 1. The normalized spacial score (nSPS) is 30.9. The monoisotopic (exact) mass is 360 g/mol. The highest BCUT2D eigenvalue weighted by Gasteiger charge is 2.49.